The molecule has 1 aromatic rings. The van der Waals surface area contributed by atoms with Gasteiger partial charge in [-0.2, -0.15) is 0 Å². The molecule has 1 aliphatic heterocycles. The summed E-state index contributed by atoms with van der Waals surface area (Å²) in [7, 11) is 0. The van der Waals surface area contributed by atoms with E-state index in [1.807, 2.05) is 0 Å². The minimum Gasteiger partial charge on any atom is -0.386 e. The first-order chi connectivity index (χ1) is 7.68. The van der Waals surface area contributed by atoms with E-state index in [0.717, 1.165) is 19.4 Å². The molecule has 1 N–H and O–H groups in total. The van der Waals surface area contributed by atoms with Crippen LogP contribution in [0.1, 0.15) is 24.6 Å². The average molecular weight is 262 g/mol. The van der Waals surface area contributed by atoms with E-state index >= 15 is 0 Å². The molecule has 2 unspecified atom stereocenters. The van der Waals surface area contributed by atoms with Crippen molar-refractivity contribution < 1.29 is 9.84 Å². The van der Waals surface area contributed by atoms with E-state index < -0.39 is 6.10 Å². The zero-order valence-corrected chi connectivity index (χ0v) is 10.2. The summed E-state index contributed by atoms with van der Waals surface area (Å²) in [6.45, 7) is 1.33. The third-order valence-electron chi connectivity index (χ3n) is 2.76. The number of rotatable bonds is 2. The van der Waals surface area contributed by atoms with Crippen LogP contribution in [0.15, 0.2) is 12.3 Å². The predicted molar refractivity (Wildman–Crippen MR) is 62.8 cm³/mol. The van der Waals surface area contributed by atoms with Crippen molar-refractivity contribution in [3.63, 3.8) is 0 Å². The van der Waals surface area contributed by atoms with E-state index in [1.165, 1.54) is 6.20 Å². The van der Waals surface area contributed by atoms with E-state index in [0.29, 0.717) is 22.3 Å². The molecule has 3 nitrogen and oxygen atoms in total. The van der Waals surface area contributed by atoms with Crippen molar-refractivity contribution in [3.8, 4) is 0 Å². The van der Waals surface area contributed by atoms with Crippen LogP contribution in [0.2, 0.25) is 10.0 Å². The van der Waals surface area contributed by atoms with Gasteiger partial charge in [0.15, 0.2) is 0 Å². The van der Waals surface area contributed by atoms with Gasteiger partial charge in [-0.3, -0.25) is 4.98 Å². The van der Waals surface area contributed by atoms with Crippen LogP contribution in [0, 0.1) is 5.92 Å². The summed E-state index contributed by atoms with van der Waals surface area (Å²) >= 11 is 11.7. The maximum absolute atomic E-state index is 10.1. The Morgan fingerprint density at radius 1 is 1.50 bits per heavy atom. The fourth-order valence-electron chi connectivity index (χ4n) is 1.88. The summed E-state index contributed by atoms with van der Waals surface area (Å²) in [6.07, 6.45) is 2.72. The van der Waals surface area contributed by atoms with Gasteiger partial charge in [-0.05, 0) is 18.9 Å². The van der Waals surface area contributed by atoms with E-state index in [-0.39, 0.29) is 5.92 Å². The lowest BCUT2D eigenvalue weighted by atomic mass is 9.93. The summed E-state index contributed by atoms with van der Waals surface area (Å²) < 4.78 is 5.33. The predicted octanol–water partition coefficient (Wildman–Crippen LogP) is 2.85. The van der Waals surface area contributed by atoms with Crippen molar-refractivity contribution in [1.29, 1.82) is 0 Å². The first-order valence-corrected chi connectivity index (χ1v) is 6.01. The molecule has 0 spiro atoms. The van der Waals surface area contributed by atoms with Crippen LogP contribution in [0.3, 0.4) is 0 Å². The maximum Gasteiger partial charge on any atom is 0.102 e. The van der Waals surface area contributed by atoms with Crippen molar-refractivity contribution in [1.82, 2.24) is 4.98 Å². The monoisotopic (exact) mass is 261 g/mol. The number of hydrogen-bond acceptors (Lipinski definition) is 3. The second-order valence-electron chi connectivity index (χ2n) is 3.94. The van der Waals surface area contributed by atoms with Gasteiger partial charge in [0.05, 0.1) is 22.3 Å². The second-order valence-corrected chi connectivity index (χ2v) is 4.79. The smallest absolute Gasteiger partial charge is 0.102 e. The molecule has 1 aliphatic rings. The third kappa shape index (κ3) is 2.66. The van der Waals surface area contributed by atoms with Crippen LogP contribution in [0.25, 0.3) is 0 Å². The Labute approximate surface area is 104 Å². The molecule has 2 atom stereocenters. The van der Waals surface area contributed by atoms with E-state index in [2.05, 4.69) is 4.98 Å². The van der Waals surface area contributed by atoms with Gasteiger partial charge in [-0.25, -0.2) is 0 Å². The lowest BCUT2D eigenvalue weighted by molar-refractivity contribution is -0.0115. The molecular formula is C11H13Cl2NO2. The van der Waals surface area contributed by atoms with Crippen LogP contribution < -0.4 is 0 Å². The highest BCUT2D eigenvalue weighted by Crippen LogP contribution is 2.32. The van der Waals surface area contributed by atoms with Gasteiger partial charge in [0.2, 0.25) is 0 Å². The van der Waals surface area contributed by atoms with Crippen LogP contribution in [-0.2, 0) is 4.74 Å². The Hall–Kier alpha value is -0.350. The zero-order chi connectivity index (χ0) is 11.5. The van der Waals surface area contributed by atoms with Crippen LogP contribution >= 0.6 is 23.2 Å². The molecule has 5 heteroatoms. The van der Waals surface area contributed by atoms with Gasteiger partial charge in [0.25, 0.3) is 0 Å². The van der Waals surface area contributed by atoms with Gasteiger partial charge in [0.1, 0.15) is 6.10 Å². The summed E-state index contributed by atoms with van der Waals surface area (Å²) in [5, 5.41) is 11.0. The Kier molecular flexibility index (Phi) is 4.03. The molecule has 0 aliphatic carbocycles. The molecule has 16 heavy (non-hydrogen) atoms. The summed E-state index contributed by atoms with van der Waals surface area (Å²) in [4.78, 5) is 4.08. The van der Waals surface area contributed by atoms with Gasteiger partial charge in [0, 0.05) is 18.7 Å². The summed E-state index contributed by atoms with van der Waals surface area (Å²) in [5.74, 6) is 0.0694. The summed E-state index contributed by atoms with van der Waals surface area (Å²) in [6, 6.07) is 1.60. The molecular weight excluding hydrogens is 249 g/mol. The second kappa shape index (κ2) is 5.32. The van der Waals surface area contributed by atoms with Crippen molar-refractivity contribution in [2.45, 2.75) is 18.9 Å². The Morgan fingerprint density at radius 3 is 2.94 bits per heavy atom. The molecule has 2 rings (SSSR count). The first-order valence-electron chi connectivity index (χ1n) is 5.25. The highest BCUT2D eigenvalue weighted by atomic mass is 35.5. The molecule has 2 heterocycles. The van der Waals surface area contributed by atoms with E-state index in [4.69, 9.17) is 27.9 Å². The van der Waals surface area contributed by atoms with Gasteiger partial charge in [-0.1, -0.05) is 23.2 Å². The quantitative estimate of drug-likeness (QED) is 0.891. The molecule has 1 fully saturated rings. The Balaban J connectivity index is 2.15. The van der Waals surface area contributed by atoms with Crippen LogP contribution in [0.5, 0.6) is 0 Å². The van der Waals surface area contributed by atoms with E-state index in [1.54, 1.807) is 6.07 Å². The fourth-order valence-corrected chi connectivity index (χ4v) is 2.37. The third-order valence-corrected chi connectivity index (χ3v) is 3.27. The number of aliphatic hydroxyl groups excluding tert-OH is 1. The largest absolute Gasteiger partial charge is 0.386 e. The fraction of sp³-hybridized carbons (Fsp3) is 0.545. The topological polar surface area (TPSA) is 42.4 Å². The molecule has 0 bridgehead atoms. The van der Waals surface area contributed by atoms with Gasteiger partial charge >= 0.3 is 0 Å². The van der Waals surface area contributed by atoms with Crippen molar-refractivity contribution >= 4 is 23.2 Å². The Bertz CT molecular complexity index is 367. The van der Waals surface area contributed by atoms with E-state index in [9.17, 15) is 5.11 Å². The zero-order valence-electron chi connectivity index (χ0n) is 8.70. The summed E-state index contributed by atoms with van der Waals surface area (Å²) in [5.41, 5.74) is 0.488. The van der Waals surface area contributed by atoms with Crippen LogP contribution in [-0.4, -0.2) is 23.3 Å². The number of ether oxygens (including phenoxy) is 1. The van der Waals surface area contributed by atoms with Crippen LogP contribution in [0.4, 0.5) is 0 Å². The lowest BCUT2D eigenvalue weighted by Crippen LogP contribution is -2.24. The highest BCUT2D eigenvalue weighted by molar-refractivity contribution is 6.34. The van der Waals surface area contributed by atoms with Crippen molar-refractivity contribution in [2.24, 2.45) is 5.92 Å². The molecule has 88 valence electrons. The van der Waals surface area contributed by atoms with Gasteiger partial charge in [-0.15, -0.1) is 0 Å². The van der Waals surface area contributed by atoms with Crippen molar-refractivity contribution in [2.75, 3.05) is 13.2 Å². The lowest BCUT2D eigenvalue weighted by Gasteiger charge is -2.26. The minimum absolute atomic E-state index is 0.0694. The number of hydrogen-bond donors (Lipinski definition) is 1. The molecule has 0 saturated carbocycles. The SMILES string of the molecule is OC(c1ncc(Cl)cc1Cl)C1CCCOC1. The normalized spacial score (nSPS) is 23.1. The highest BCUT2D eigenvalue weighted by Gasteiger charge is 2.26. The molecule has 0 radical (unpaired) electrons. The Morgan fingerprint density at radius 2 is 2.31 bits per heavy atom. The number of halogens is 2. The molecule has 0 aromatic carbocycles. The molecule has 0 amide bonds. The number of aromatic nitrogens is 1. The average Bonchev–Trinajstić information content (AvgIpc) is 2.29. The van der Waals surface area contributed by atoms with Crippen molar-refractivity contribution in [3.05, 3.63) is 28.0 Å². The molecule has 1 saturated heterocycles. The maximum atomic E-state index is 10.1. The van der Waals surface area contributed by atoms with Gasteiger partial charge < -0.3 is 9.84 Å². The first kappa shape index (κ1) is 12.1. The standard InChI is InChI=1S/C11H13Cl2NO2/c12-8-4-9(13)10(14-5-8)11(15)7-2-1-3-16-6-7/h4-5,7,11,15H,1-3,6H2. The number of nitrogens with zero attached hydrogens (tertiary/aromatic N) is 1. The minimum atomic E-state index is -0.676. The number of pyridine rings is 1. The molecule has 1 aromatic heterocycles. The number of aliphatic hydroxyl groups is 1.